The van der Waals surface area contributed by atoms with E-state index in [-0.39, 0.29) is 112 Å². The molecule has 0 aromatic carbocycles. The second-order valence-corrected chi connectivity index (χ2v) is 0. The van der Waals surface area contributed by atoms with E-state index in [1.54, 1.807) is 0 Å². The number of rotatable bonds is 0. The van der Waals surface area contributed by atoms with E-state index in [9.17, 15) is 0 Å². The van der Waals surface area contributed by atoms with Crippen molar-refractivity contribution in [1.82, 2.24) is 0 Å². The topological polar surface area (TPSA) is 346 Å². The minimum Gasteiger partial charge on any atom is -0.412 e. The summed E-state index contributed by atoms with van der Waals surface area (Å²) in [6.45, 7) is 0. The third-order valence-corrected chi connectivity index (χ3v) is 0. The Morgan fingerprint density at radius 1 is 0.167 bits per heavy atom. The zero-order chi connectivity index (χ0) is 0. The van der Waals surface area contributed by atoms with E-state index >= 15 is 0 Å². The summed E-state index contributed by atoms with van der Waals surface area (Å²) in [5.74, 6) is 0. The van der Waals surface area contributed by atoms with Crippen molar-refractivity contribution in [3.8, 4) is 0 Å². The first-order valence-corrected chi connectivity index (χ1v) is 0. The second kappa shape index (κ2) is 1070. The number of hydrogen-bond acceptors (Lipinski definition) is 0. The maximum atomic E-state index is 0. The zero-order valence-electron chi connectivity index (χ0n) is 6.50. The first-order valence-electron chi connectivity index (χ1n) is 0. The quantitative estimate of drug-likeness (QED) is 0.353. The van der Waals surface area contributed by atoms with Crippen LogP contribution in [0.4, 0.5) is 0 Å². The maximum Gasteiger partial charge on any atom is 0 e. The van der Waals surface area contributed by atoms with Crippen LogP contribution >= 0.6 is 0 Å². The van der Waals surface area contributed by atoms with E-state index < -0.39 is 0 Å². The van der Waals surface area contributed by atoms with Crippen LogP contribution in [0.3, 0.4) is 0 Å². The molecular formula is H22KO11. The molecule has 0 spiro atoms. The van der Waals surface area contributed by atoms with Gasteiger partial charge < -0.3 is 60.2 Å². The van der Waals surface area contributed by atoms with Crippen molar-refractivity contribution in [2.75, 3.05) is 0 Å². The van der Waals surface area contributed by atoms with Crippen LogP contribution in [0.25, 0.3) is 0 Å². The van der Waals surface area contributed by atoms with E-state index in [1.807, 2.05) is 0 Å². The molecule has 0 unspecified atom stereocenters. The molecule has 11 nitrogen and oxygen atoms in total. The molecular weight excluding hydrogens is 215 g/mol. The van der Waals surface area contributed by atoms with Gasteiger partial charge in [0, 0.05) is 51.4 Å². The molecule has 0 rings (SSSR count). The van der Waals surface area contributed by atoms with Gasteiger partial charge in [0.15, 0.2) is 0 Å². The van der Waals surface area contributed by atoms with Crippen LogP contribution < -0.4 is 0 Å². The Kier molecular flexibility index (Phi) is 122000. The van der Waals surface area contributed by atoms with Crippen molar-refractivity contribution in [2.45, 2.75) is 0 Å². The van der Waals surface area contributed by atoms with Crippen molar-refractivity contribution < 1.29 is 60.2 Å². The van der Waals surface area contributed by atoms with Gasteiger partial charge in [-0.2, -0.15) is 0 Å². The first kappa shape index (κ1) is 1370. The van der Waals surface area contributed by atoms with Gasteiger partial charge in [-0.1, -0.05) is 0 Å². The number of hydrogen-bond donors (Lipinski definition) is 0. The fourth-order valence-corrected chi connectivity index (χ4v) is 0. The summed E-state index contributed by atoms with van der Waals surface area (Å²) in [5, 5.41) is 0. The van der Waals surface area contributed by atoms with Crippen LogP contribution in [-0.2, 0) is 0 Å². The monoisotopic (exact) mass is 237 g/mol. The van der Waals surface area contributed by atoms with Gasteiger partial charge in [-0.15, -0.1) is 0 Å². The van der Waals surface area contributed by atoms with Gasteiger partial charge in [-0.05, 0) is 0 Å². The van der Waals surface area contributed by atoms with Gasteiger partial charge in [-0.25, -0.2) is 0 Å². The van der Waals surface area contributed by atoms with Gasteiger partial charge in [0.2, 0.25) is 0 Å². The summed E-state index contributed by atoms with van der Waals surface area (Å²) in [6, 6.07) is 0. The average molecular weight is 237 g/mol. The van der Waals surface area contributed by atoms with E-state index in [0.717, 1.165) is 0 Å². The van der Waals surface area contributed by atoms with Crippen molar-refractivity contribution >= 4 is 51.4 Å². The Morgan fingerprint density at radius 3 is 0.167 bits per heavy atom. The van der Waals surface area contributed by atoms with Crippen LogP contribution in [0.1, 0.15) is 0 Å². The fourth-order valence-electron chi connectivity index (χ4n) is 0. The largest absolute Gasteiger partial charge is 0.412 e. The summed E-state index contributed by atoms with van der Waals surface area (Å²) in [5.41, 5.74) is 0. The van der Waals surface area contributed by atoms with Crippen molar-refractivity contribution in [3.63, 3.8) is 0 Å². The standard InChI is InChI=1S/K.11H2O/h;11*1H2. The Labute approximate surface area is 111 Å². The normalized spacial score (nSPS) is 0. The predicted octanol–water partition coefficient (Wildman–Crippen LogP) is -9.45. The van der Waals surface area contributed by atoms with Crippen molar-refractivity contribution in [3.05, 3.63) is 0 Å². The molecule has 12 heteroatoms. The molecule has 0 atom stereocenters. The van der Waals surface area contributed by atoms with Gasteiger partial charge >= 0.3 is 0 Å². The van der Waals surface area contributed by atoms with Crippen LogP contribution in [0, 0.1) is 0 Å². The first-order chi connectivity index (χ1) is 0. The summed E-state index contributed by atoms with van der Waals surface area (Å²) in [7, 11) is 0. The molecule has 89 valence electrons. The smallest absolute Gasteiger partial charge is 0 e. The molecule has 0 saturated heterocycles. The molecule has 22 N–H and O–H groups in total. The molecule has 0 aromatic heterocycles. The van der Waals surface area contributed by atoms with Gasteiger partial charge in [0.25, 0.3) is 0 Å². The molecule has 0 aromatic rings. The Hall–Kier alpha value is 1.20. The van der Waals surface area contributed by atoms with Crippen LogP contribution in [0.2, 0.25) is 0 Å². The molecule has 0 bridgehead atoms. The van der Waals surface area contributed by atoms with E-state index in [1.165, 1.54) is 0 Å². The summed E-state index contributed by atoms with van der Waals surface area (Å²) in [4.78, 5) is 0. The summed E-state index contributed by atoms with van der Waals surface area (Å²) < 4.78 is 0. The van der Waals surface area contributed by atoms with Crippen LogP contribution in [0.15, 0.2) is 0 Å². The SMILES string of the molecule is O.O.O.O.O.O.O.O.O.O.O.[K]. The van der Waals surface area contributed by atoms with Crippen LogP contribution in [0.5, 0.6) is 0 Å². The molecule has 0 heterocycles. The van der Waals surface area contributed by atoms with Gasteiger partial charge in [0.05, 0.1) is 0 Å². The third kappa shape index (κ3) is 813. The van der Waals surface area contributed by atoms with E-state index in [0.29, 0.717) is 0 Å². The summed E-state index contributed by atoms with van der Waals surface area (Å²) in [6.07, 6.45) is 0. The van der Waals surface area contributed by atoms with Gasteiger partial charge in [-0.3, -0.25) is 0 Å². The Bertz CT molecular complexity index is 4.97. The van der Waals surface area contributed by atoms with E-state index in [2.05, 4.69) is 0 Å². The molecule has 1 radical (unpaired) electrons. The Morgan fingerprint density at radius 2 is 0.167 bits per heavy atom. The summed E-state index contributed by atoms with van der Waals surface area (Å²) >= 11 is 0. The molecule has 0 aliphatic heterocycles. The molecule has 0 aliphatic rings. The Balaban J connectivity index is 0. The average Bonchev–Trinajstić information content (AvgIpc) is 0. The molecule has 0 amide bonds. The minimum atomic E-state index is 0. The van der Waals surface area contributed by atoms with Crippen molar-refractivity contribution in [1.29, 1.82) is 0 Å². The third-order valence-electron chi connectivity index (χ3n) is 0. The minimum absolute atomic E-state index is 0. The zero-order valence-corrected chi connectivity index (χ0v) is 9.62. The molecule has 0 fully saturated rings. The van der Waals surface area contributed by atoms with Crippen LogP contribution in [-0.4, -0.2) is 112 Å². The fraction of sp³-hybridized carbons (Fsp3) is 0. The molecule has 0 aliphatic carbocycles. The van der Waals surface area contributed by atoms with Gasteiger partial charge in [0.1, 0.15) is 0 Å². The maximum absolute atomic E-state index is 0. The van der Waals surface area contributed by atoms with Crippen molar-refractivity contribution in [2.24, 2.45) is 0 Å². The molecule has 12 heavy (non-hydrogen) atoms. The predicted molar refractivity (Wildman–Crippen MR) is 45.5 cm³/mol. The van der Waals surface area contributed by atoms with E-state index in [4.69, 9.17) is 0 Å². The molecule has 0 saturated carbocycles. The second-order valence-electron chi connectivity index (χ2n) is 0.